The van der Waals surface area contributed by atoms with Gasteiger partial charge in [0.2, 0.25) is 0 Å². The standard InChI is InChI=1S/C15H11Cl2NS2/c16-9-5-6-11(18)13(7-9)19-8-14-15(17)10-3-1-2-4-12(10)20-14/h1-7H,8,18H2. The molecule has 0 spiro atoms. The predicted molar refractivity (Wildman–Crippen MR) is 92.3 cm³/mol. The van der Waals surface area contributed by atoms with Crippen LogP contribution in [0, 0.1) is 0 Å². The van der Waals surface area contributed by atoms with Gasteiger partial charge < -0.3 is 5.73 Å². The highest BCUT2D eigenvalue weighted by Crippen LogP contribution is 2.39. The number of nitrogen functional groups attached to an aromatic ring is 1. The Labute approximate surface area is 135 Å². The van der Waals surface area contributed by atoms with Crippen molar-refractivity contribution in [2.45, 2.75) is 10.6 Å². The summed E-state index contributed by atoms with van der Waals surface area (Å²) in [5, 5.41) is 2.66. The molecule has 1 nitrogen and oxygen atoms in total. The largest absolute Gasteiger partial charge is 0.398 e. The van der Waals surface area contributed by atoms with Gasteiger partial charge in [0.05, 0.1) is 5.02 Å². The fourth-order valence-electron chi connectivity index (χ4n) is 1.93. The van der Waals surface area contributed by atoms with Gasteiger partial charge in [-0.05, 0) is 24.3 Å². The number of thioether (sulfide) groups is 1. The van der Waals surface area contributed by atoms with Crippen LogP contribution >= 0.6 is 46.3 Å². The topological polar surface area (TPSA) is 26.0 Å². The molecule has 0 saturated heterocycles. The number of halogens is 2. The molecule has 0 bridgehead atoms. The zero-order valence-electron chi connectivity index (χ0n) is 10.4. The monoisotopic (exact) mass is 339 g/mol. The third-order valence-electron chi connectivity index (χ3n) is 2.94. The number of thiophene rings is 1. The van der Waals surface area contributed by atoms with Crippen molar-refractivity contribution in [2.24, 2.45) is 0 Å². The maximum absolute atomic E-state index is 6.43. The maximum Gasteiger partial charge on any atom is 0.0632 e. The second kappa shape index (κ2) is 5.86. The summed E-state index contributed by atoms with van der Waals surface area (Å²) in [5.74, 6) is 0.794. The van der Waals surface area contributed by atoms with Gasteiger partial charge in [-0.2, -0.15) is 0 Å². The molecule has 0 aliphatic rings. The van der Waals surface area contributed by atoms with Gasteiger partial charge in [-0.25, -0.2) is 0 Å². The smallest absolute Gasteiger partial charge is 0.0632 e. The molecular formula is C15H11Cl2NS2. The van der Waals surface area contributed by atoms with Crippen molar-refractivity contribution in [2.75, 3.05) is 5.73 Å². The lowest BCUT2D eigenvalue weighted by Crippen LogP contribution is -1.88. The van der Waals surface area contributed by atoms with Gasteiger partial charge in [-0.3, -0.25) is 0 Å². The molecule has 0 saturated carbocycles. The van der Waals surface area contributed by atoms with Crippen molar-refractivity contribution in [3.8, 4) is 0 Å². The number of nitrogens with two attached hydrogens (primary N) is 1. The van der Waals surface area contributed by atoms with E-state index in [4.69, 9.17) is 28.9 Å². The summed E-state index contributed by atoms with van der Waals surface area (Å²) in [6, 6.07) is 13.7. The minimum Gasteiger partial charge on any atom is -0.398 e. The average molecular weight is 340 g/mol. The molecule has 3 rings (SSSR count). The van der Waals surface area contributed by atoms with Crippen LogP contribution in [0.5, 0.6) is 0 Å². The van der Waals surface area contributed by atoms with E-state index in [1.54, 1.807) is 29.2 Å². The molecule has 0 atom stereocenters. The number of anilines is 1. The Balaban J connectivity index is 1.87. The highest BCUT2D eigenvalue weighted by atomic mass is 35.5. The third-order valence-corrected chi connectivity index (χ3v) is 6.17. The lowest BCUT2D eigenvalue weighted by Gasteiger charge is -2.05. The maximum atomic E-state index is 6.43. The molecule has 0 fully saturated rings. The average Bonchev–Trinajstić information content (AvgIpc) is 2.77. The van der Waals surface area contributed by atoms with E-state index in [1.165, 1.54) is 4.70 Å². The minimum absolute atomic E-state index is 0.698. The van der Waals surface area contributed by atoms with E-state index in [0.717, 1.165) is 31.6 Å². The molecule has 1 heterocycles. The summed E-state index contributed by atoms with van der Waals surface area (Å²) in [6.45, 7) is 0. The normalized spacial score (nSPS) is 11.1. The first kappa shape index (κ1) is 14.1. The molecular weight excluding hydrogens is 329 g/mol. The van der Waals surface area contributed by atoms with Crippen LogP contribution in [0.15, 0.2) is 47.4 Å². The lowest BCUT2D eigenvalue weighted by atomic mass is 10.2. The number of hydrogen-bond acceptors (Lipinski definition) is 3. The van der Waals surface area contributed by atoms with Crippen molar-refractivity contribution in [3.05, 3.63) is 57.4 Å². The number of rotatable bonds is 3. The number of hydrogen-bond donors (Lipinski definition) is 1. The van der Waals surface area contributed by atoms with E-state index in [1.807, 2.05) is 24.3 Å². The predicted octanol–water partition coefficient (Wildman–Crippen LogP) is 6.08. The molecule has 2 N–H and O–H groups in total. The first-order valence-corrected chi connectivity index (χ1v) is 8.54. The molecule has 2 aromatic carbocycles. The molecule has 0 amide bonds. The first-order chi connectivity index (χ1) is 9.65. The molecule has 0 unspecified atom stereocenters. The van der Waals surface area contributed by atoms with Gasteiger partial charge in [0, 0.05) is 36.3 Å². The molecule has 102 valence electrons. The third kappa shape index (κ3) is 2.77. The fourth-order valence-corrected chi connectivity index (χ4v) is 4.83. The van der Waals surface area contributed by atoms with E-state index in [-0.39, 0.29) is 0 Å². The Morgan fingerprint density at radius 3 is 2.70 bits per heavy atom. The van der Waals surface area contributed by atoms with Gasteiger partial charge in [0.1, 0.15) is 0 Å². The van der Waals surface area contributed by atoms with Crippen LogP contribution in [0.4, 0.5) is 5.69 Å². The van der Waals surface area contributed by atoms with Gasteiger partial charge in [-0.1, -0.05) is 41.4 Å². The Hall–Kier alpha value is -0.870. The summed E-state index contributed by atoms with van der Waals surface area (Å²) < 4.78 is 1.21. The Kier molecular flexibility index (Phi) is 4.13. The fraction of sp³-hybridized carbons (Fsp3) is 0.0667. The minimum atomic E-state index is 0.698. The van der Waals surface area contributed by atoms with Crippen LogP contribution in [-0.2, 0) is 5.75 Å². The summed E-state index contributed by atoms with van der Waals surface area (Å²) in [7, 11) is 0. The van der Waals surface area contributed by atoms with Gasteiger partial charge in [-0.15, -0.1) is 23.1 Å². The molecule has 5 heteroatoms. The SMILES string of the molecule is Nc1ccc(Cl)cc1SCc1sc2ccccc2c1Cl. The van der Waals surface area contributed by atoms with E-state index in [9.17, 15) is 0 Å². The Morgan fingerprint density at radius 1 is 1.10 bits per heavy atom. The second-order valence-electron chi connectivity index (χ2n) is 4.31. The van der Waals surface area contributed by atoms with Crippen molar-refractivity contribution in [3.63, 3.8) is 0 Å². The molecule has 3 aromatic rings. The zero-order valence-corrected chi connectivity index (χ0v) is 13.5. The van der Waals surface area contributed by atoms with Crippen LogP contribution in [0.25, 0.3) is 10.1 Å². The Morgan fingerprint density at radius 2 is 1.90 bits per heavy atom. The number of fused-ring (bicyclic) bond motifs is 1. The van der Waals surface area contributed by atoms with Gasteiger partial charge in [0.25, 0.3) is 0 Å². The first-order valence-electron chi connectivity index (χ1n) is 5.99. The molecule has 0 aliphatic heterocycles. The van der Waals surface area contributed by atoms with Crippen molar-refractivity contribution < 1.29 is 0 Å². The van der Waals surface area contributed by atoms with Crippen LogP contribution in [0.1, 0.15) is 4.88 Å². The van der Waals surface area contributed by atoms with E-state index in [0.29, 0.717) is 5.02 Å². The molecule has 20 heavy (non-hydrogen) atoms. The Bertz CT molecular complexity index is 768. The summed E-state index contributed by atoms with van der Waals surface area (Å²) in [4.78, 5) is 2.16. The van der Waals surface area contributed by atoms with Crippen LogP contribution < -0.4 is 5.73 Å². The summed E-state index contributed by atoms with van der Waals surface area (Å²) in [5.41, 5.74) is 6.70. The van der Waals surface area contributed by atoms with Crippen LogP contribution in [0.2, 0.25) is 10.0 Å². The lowest BCUT2D eigenvalue weighted by molar-refractivity contribution is 1.43. The summed E-state index contributed by atoms with van der Waals surface area (Å²) in [6.07, 6.45) is 0. The quantitative estimate of drug-likeness (QED) is 0.462. The van der Waals surface area contributed by atoms with Gasteiger partial charge >= 0.3 is 0 Å². The molecule has 1 aromatic heterocycles. The highest BCUT2D eigenvalue weighted by Gasteiger charge is 2.11. The molecule has 0 aliphatic carbocycles. The van der Waals surface area contributed by atoms with E-state index < -0.39 is 0 Å². The van der Waals surface area contributed by atoms with Crippen molar-refractivity contribution in [1.82, 2.24) is 0 Å². The second-order valence-corrected chi connectivity index (χ2v) is 7.27. The van der Waals surface area contributed by atoms with E-state index in [2.05, 4.69) is 12.1 Å². The zero-order chi connectivity index (χ0) is 14.1. The van der Waals surface area contributed by atoms with Crippen LogP contribution in [-0.4, -0.2) is 0 Å². The highest BCUT2D eigenvalue weighted by molar-refractivity contribution is 7.98. The molecule has 0 radical (unpaired) electrons. The van der Waals surface area contributed by atoms with Gasteiger partial charge in [0.15, 0.2) is 0 Å². The van der Waals surface area contributed by atoms with Crippen LogP contribution in [0.3, 0.4) is 0 Å². The van der Waals surface area contributed by atoms with Crippen molar-refractivity contribution in [1.29, 1.82) is 0 Å². The van der Waals surface area contributed by atoms with E-state index >= 15 is 0 Å². The van der Waals surface area contributed by atoms with Crippen molar-refractivity contribution >= 4 is 62.1 Å². The number of benzene rings is 2. The summed E-state index contributed by atoms with van der Waals surface area (Å²) >= 11 is 15.8.